The Bertz CT molecular complexity index is 705. The van der Waals surface area contributed by atoms with Crippen molar-refractivity contribution < 1.29 is 4.79 Å². The summed E-state index contributed by atoms with van der Waals surface area (Å²) in [5, 5.41) is 12.6. The molecule has 1 unspecified atom stereocenters. The second kappa shape index (κ2) is 6.94. The number of thioether (sulfide) groups is 1. The van der Waals surface area contributed by atoms with Crippen molar-refractivity contribution in [3.05, 3.63) is 29.6 Å². The molecule has 0 spiro atoms. The first kappa shape index (κ1) is 17.0. The molecule has 0 bridgehead atoms. The molecule has 2 atom stereocenters. The van der Waals surface area contributed by atoms with Crippen molar-refractivity contribution in [1.82, 2.24) is 10.3 Å². The van der Waals surface area contributed by atoms with Crippen LogP contribution in [0.5, 0.6) is 0 Å². The van der Waals surface area contributed by atoms with E-state index in [0.717, 1.165) is 5.56 Å². The molecule has 2 heterocycles. The fourth-order valence-electron chi connectivity index (χ4n) is 3.43. The Morgan fingerprint density at radius 3 is 2.92 bits per heavy atom. The molecule has 24 heavy (non-hydrogen) atoms. The van der Waals surface area contributed by atoms with Gasteiger partial charge in [-0.15, -0.1) is 0 Å². The van der Waals surface area contributed by atoms with Gasteiger partial charge in [0.1, 0.15) is 16.5 Å². The number of nitriles is 1. The van der Waals surface area contributed by atoms with Gasteiger partial charge in [0.25, 0.3) is 0 Å². The van der Waals surface area contributed by atoms with Crippen molar-refractivity contribution in [3.8, 4) is 6.07 Å². The van der Waals surface area contributed by atoms with Gasteiger partial charge in [0.2, 0.25) is 5.91 Å². The third kappa shape index (κ3) is 3.32. The van der Waals surface area contributed by atoms with Gasteiger partial charge < -0.3 is 5.32 Å². The smallest absolute Gasteiger partial charge is 0.246 e. The number of amides is 1. The number of pyridine rings is 1. The Kier molecular flexibility index (Phi) is 4.91. The van der Waals surface area contributed by atoms with Gasteiger partial charge in [-0.1, -0.05) is 31.0 Å². The van der Waals surface area contributed by atoms with Gasteiger partial charge in [0.05, 0.1) is 6.04 Å². The summed E-state index contributed by atoms with van der Waals surface area (Å²) >= 11 is 1.44. The van der Waals surface area contributed by atoms with Crippen LogP contribution in [-0.2, 0) is 9.54 Å². The minimum Gasteiger partial charge on any atom is -0.304 e. The van der Waals surface area contributed by atoms with Gasteiger partial charge in [-0.05, 0) is 50.3 Å². The summed E-state index contributed by atoms with van der Waals surface area (Å²) in [6, 6.07) is 5.72. The largest absolute Gasteiger partial charge is 0.304 e. The zero-order valence-corrected chi connectivity index (χ0v) is 14.9. The summed E-state index contributed by atoms with van der Waals surface area (Å²) in [4.78, 5) is 21.3. The molecule has 1 saturated carbocycles. The van der Waals surface area contributed by atoms with Crippen LogP contribution in [0.1, 0.15) is 57.2 Å². The molecular formula is C18H22N4OS. The molecule has 1 aliphatic carbocycles. The van der Waals surface area contributed by atoms with Crippen LogP contribution in [0.2, 0.25) is 0 Å². The SMILES string of the molecule is C[C@H](N=C1NC(=O)C(C)(c2ccnc(C#N)c2)S1)C1CCCCC1. The number of aliphatic imine (C=N–C) groups is 1. The minimum atomic E-state index is -0.764. The number of amidine groups is 1. The number of nitrogens with one attached hydrogen (secondary N) is 1. The highest BCUT2D eigenvalue weighted by atomic mass is 32.2. The molecule has 1 saturated heterocycles. The number of carbonyl (C=O) groups excluding carboxylic acids is 1. The molecule has 1 aromatic rings. The fourth-order valence-corrected chi connectivity index (χ4v) is 4.56. The summed E-state index contributed by atoms with van der Waals surface area (Å²) < 4.78 is -0.764. The number of carbonyl (C=O) groups is 1. The second-order valence-electron chi connectivity index (χ2n) is 6.70. The lowest BCUT2D eigenvalue weighted by Gasteiger charge is -2.25. The van der Waals surface area contributed by atoms with Gasteiger partial charge >= 0.3 is 0 Å². The van der Waals surface area contributed by atoms with Crippen molar-refractivity contribution in [2.45, 2.75) is 56.7 Å². The highest BCUT2D eigenvalue weighted by molar-refractivity contribution is 8.15. The summed E-state index contributed by atoms with van der Waals surface area (Å²) in [5.41, 5.74) is 1.11. The molecule has 6 heteroatoms. The summed E-state index contributed by atoms with van der Waals surface area (Å²) in [6.07, 6.45) is 7.92. The van der Waals surface area contributed by atoms with Crippen LogP contribution >= 0.6 is 11.8 Å². The number of rotatable bonds is 3. The van der Waals surface area contributed by atoms with Gasteiger partial charge in [-0.2, -0.15) is 5.26 Å². The average molecular weight is 342 g/mol. The fraction of sp³-hybridized carbons (Fsp3) is 0.556. The van der Waals surface area contributed by atoms with E-state index < -0.39 is 4.75 Å². The summed E-state index contributed by atoms with van der Waals surface area (Å²) in [7, 11) is 0. The average Bonchev–Trinajstić information content (AvgIpc) is 2.90. The Hall–Kier alpha value is -1.87. The van der Waals surface area contributed by atoms with Crippen LogP contribution in [0.25, 0.3) is 0 Å². The zero-order valence-electron chi connectivity index (χ0n) is 14.1. The highest BCUT2D eigenvalue weighted by Gasteiger charge is 2.44. The second-order valence-corrected chi connectivity index (χ2v) is 8.11. The molecule has 126 valence electrons. The quantitative estimate of drug-likeness (QED) is 0.913. The molecule has 2 aliphatic rings. The van der Waals surface area contributed by atoms with Crippen molar-refractivity contribution >= 4 is 22.8 Å². The molecule has 0 aromatic carbocycles. The van der Waals surface area contributed by atoms with Crippen molar-refractivity contribution in [2.75, 3.05) is 0 Å². The van der Waals surface area contributed by atoms with Crippen LogP contribution in [-0.4, -0.2) is 22.1 Å². The van der Waals surface area contributed by atoms with Crippen molar-refractivity contribution in [1.29, 1.82) is 5.26 Å². The first-order valence-corrected chi connectivity index (χ1v) is 9.29. The monoisotopic (exact) mass is 342 g/mol. The van der Waals surface area contributed by atoms with Crippen LogP contribution in [0, 0.1) is 17.2 Å². The highest BCUT2D eigenvalue weighted by Crippen LogP contribution is 2.41. The van der Waals surface area contributed by atoms with Crippen molar-refractivity contribution in [3.63, 3.8) is 0 Å². The normalized spacial score (nSPS) is 27.7. The number of hydrogen-bond acceptors (Lipinski definition) is 5. The van der Waals surface area contributed by atoms with E-state index in [1.165, 1.54) is 43.9 Å². The Labute approximate surface area is 147 Å². The molecule has 1 aromatic heterocycles. The first-order chi connectivity index (χ1) is 11.5. The van der Waals surface area contributed by atoms with Crippen LogP contribution in [0.15, 0.2) is 23.3 Å². The van der Waals surface area contributed by atoms with E-state index in [0.29, 0.717) is 16.8 Å². The molecule has 1 aliphatic heterocycles. The maximum atomic E-state index is 12.5. The van der Waals surface area contributed by atoms with E-state index in [4.69, 9.17) is 10.3 Å². The van der Waals surface area contributed by atoms with Gasteiger partial charge in [-0.3, -0.25) is 9.79 Å². The number of aromatic nitrogens is 1. The summed E-state index contributed by atoms with van der Waals surface area (Å²) in [6.45, 7) is 4.02. The molecular weight excluding hydrogens is 320 g/mol. The molecule has 1 amide bonds. The van der Waals surface area contributed by atoms with Crippen LogP contribution in [0.4, 0.5) is 0 Å². The third-order valence-corrected chi connectivity index (χ3v) is 6.26. The van der Waals surface area contributed by atoms with Crippen molar-refractivity contribution in [2.24, 2.45) is 10.9 Å². The number of hydrogen-bond donors (Lipinski definition) is 1. The van der Waals surface area contributed by atoms with Crippen LogP contribution in [0.3, 0.4) is 0 Å². The van der Waals surface area contributed by atoms with E-state index in [1.54, 1.807) is 18.3 Å². The molecule has 1 N–H and O–H groups in total. The molecule has 3 rings (SSSR count). The lowest BCUT2D eigenvalue weighted by atomic mass is 9.85. The number of nitrogens with zero attached hydrogens (tertiary/aromatic N) is 3. The maximum Gasteiger partial charge on any atom is 0.246 e. The van der Waals surface area contributed by atoms with E-state index in [2.05, 4.69) is 17.2 Å². The topological polar surface area (TPSA) is 78.1 Å². The molecule has 5 nitrogen and oxygen atoms in total. The Morgan fingerprint density at radius 1 is 1.46 bits per heavy atom. The standard InChI is InChI=1S/C18H22N4OS/c1-12(13-6-4-3-5-7-13)21-17-22-16(23)18(2,24-17)14-8-9-20-15(10-14)11-19/h8-10,12-13H,3-7H2,1-2H3,(H,21,22,23)/t12-,18?/m0/s1. The van der Waals surface area contributed by atoms with E-state index in [1.807, 2.05) is 13.0 Å². The van der Waals surface area contributed by atoms with Gasteiger partial charge in [-0.25, -0.2) is 4.98 Å². The lowest BCUT2D eigenvalue weighted by molar-refractivity contribution is -0.121. The Morgan fingerprint density at radius 2 is 2.21 bits per heavy atom. The lowest BCUT2D eigenvalue weighted by Crippen LogP contribution is -2.32. The molecule has 2 fully saturated rings. The first-order valence-electron chi connectivity index (χ1n) is 8.48. The third-order valence-electron chi connectivity index (χ3n) is 5.03. The van der Waals surface area contributed by atoms with E-state index in [-0.39, 0.29) is 11.9 Å². The zero-order chi connectivity index (χ0) is 17.2. The molecule has 0 radical (unpaired) electrons. The van der Waals surface area contributed by atoms with Crippen LogP contribution < -0.4 is 5.32 Å². The Balaban J connectivity index is 1.79. The van der Waals surface area contributed by atoms with Gasteiger partial charge in [0, 0.05) is 6.20 Å². The summed E-state index contributed by atoms with van der Waals surface area (Å²) in [5.74, 6) is 0.527. The maximum absolute atomic E-state index is 12.5. The van der Waals surface area contributed by atoms with Gasteiger partial charge in [0.15, 0.2) is 5.17 Å². The predicted molar refractivity (Wildman–Crippen MR) is 95.5 cm³/mol. The minimum absolute atomic E-state index is 0.0859. The predicted octanol–water partition coefficient (Wildman–Crippen LogP) is 3.36. The van der Waals surface area contributed by atoms with E-state index >= 15 is 0 Å². The van der Waals surface area contributed by atoms with E-state index in [9.17, 15) is 4.79 Å².